The topological polar surface area (TPSA) is 125 Å². The van der Waals surface area contributed by atoms with Gasteiger partial charge in [0.25, 0.3) is 5.69 Å². The van der Waals surface area contributed by atoms with Gasteiger partial charge in [0, 0.05) is 32.2 Å². The van der Waals surface area contributed by atoms with Gasteiger partial charge in [0.2, 0.25) is 5.91 Å². The van der Waals surface area contributed by atoms with Gasteiger partial charge >= 0.3 is 5.97 Å². The zero-order valence-electron chi connectivity index (χ0n) is 12.4. The van der Waals surface area contributed by atoms with E-state index in [0.717, 1.165) is 0 Å². The molecule has 0 bridgehead atoms. The summed E-state index contributed by atoms with van der Waals surface area (Å²) in [6, 6.07) is 4.80. The standard InChI is InChI=1S/C14H18N4O5/c19-13(16-10-3-1-2-4-11(10)18(22)23)9-12(14(20)21)17-7-5-15-6-8-17/h1-4,12,15H,5-9H2,(H,16,19)(H,20,21). The Kier molecular flexibility index (Phi) is 5.61. The second-order valence-corrected chi connectivity index (χ2v) is 5.17. The lowest BCUT2D eigenvalue weighted by molar-refractivity contribution is -0.383. The normalized spacial score (nSPS) is 16.5. The number of amides is 1. The Morgan fingerprint density at radius 1 is 1.35 bits per heavy atom. The fourth-order valence-electron chi connectivity index (χ4n) is 2.48. The minimum Gasteiger partial charge on any atom is -0.480 e. The number of nitro groups is 1. The van der Waals surface area contributed by atoms with Gasteiger partial charge in [0.1, 0.15) is 11.7 Å². The number of aliphatic carboxylic acids is 1. The molecule has 1 aliphatic heterocycles. The van der Waals surface area contributed by atoms with Crippen molar-refractivity contribution in [3.8, 4) is 0 Å². The first-order chi connectivity index (χ1) is 11.0. The molecule has 1 fully saturated rings. The number of carboxylic acids is 1. The van der Waals surface area contributed by atoms with Crippen LogP contribution in [0.1, 0.15) is 6.42 Å². The SMILES string of the molecule is O=C(CC(C(=O)O)N1CCNCC1)Nc1ccccc1[N+](=O)[O-]. The average molecular weight is 322 g/mol. The van der Waals surface area contributed by atoms with E-state index in [0.29, 0.717) is 26.2 Å². The number of piperazine rings is 1. The summed E-state index contributed by atoms with van der Waals surface area (Å²) in [6.07, 6.45) is -0.263. The molecule has 1 aromatic carbocycles. The fourth-order valence-corrected chi connectivity index (χ4v) is 2.48. The number of para-hydroxylation sites is 2. The molecule has 1 aromatic rings. The van der Waals surface area contributed by atoms with Crippen LogP contribution in [0.4, 0.5) is 11.4 Å². The van der Waals surface area contributed by atoms with Crippen LogP contribution in [0.5, 0.6) is 0 Å². The first kappa shape index (κ1) is 16.8. The van der Waals surface area contributed by atoms with Gasteiger partial charge in [0.05, 0.1) is 11.3 Å². The lowest BCUT2D eigenvalue weighted by Gasteiger charge is -2.32. The third-order valence-electron chi connectivity index (χ3n) is 3.63. The highest BCUT2D eigenvalue weighted by molar-refractivity contribution is 5.95. The number of hydrogen-bond acceptors (Lipinski definition) is 6. The van der Waals surface area contributed by atoms with Gasteiger partial charge in [-0.05, 0) is 6.07 Å². The molecular formula is C14H18N4O5. The summed E-state index contributed by atoms with van der Waals surface area (Å²) in [4.78, 5) is 35.6. The van der Waals surface area contributed by atoms with Crippen LogP contribution in [-0.4, -0.2) is 59.0 Å². The van der Waals surface area contributed by atoms with E-state index in [2.05, 4.69) is 10.6 Å². The van der Waals surface area contributed by atoms with Gasteiger partial charge in [-0.25, -0.2) is 0 Å². The highest BCUT2D eigenvalue weighted by Crippen LogP contribution is 2.23. The largest absolute Gasteiger partial charge is 0.480 e. The quantitative estimate of drug-likeness (QED) is 0.507. The van der Waals surface area contributed by atoms with Gasteiger partial charge in [0.15, 0.2) is 0 Å². The molecule has 1 aliphatic rings. The number of carboxylic acid groups (broad SMARTS) is 1. The lowest BCUT2D eigenvalue weighted by atomic mass is 10.1. The monoisotopic (exact) mass is 322 g/mol. The predicted molar refractivity (Wildman–Crippen MR) is 82.2 cm³/mol. The van der Waals surface area contributed by atoms with Gasteiger partial charge in [-0.1, -0.05) is 12.1 Å². The Morgan fingerprint density at radius 3 is 2.61 bits per heavy atom. The van der Waals surface area contributed by atoms with Crippen LogP contribution in [0.2, 0.25) is 0 Å². The number of benzene rings is 1. The predicted octanol–water partition coefficient (Wildman–Crippen LogP) is 0.282. The molecule has 9 nitrogen and oxygen atoms in total. The molecule has 0 radical (unpaired) electrons. The number of nitrogens with one attached hydrogen (secondary N) is 2. The number of carbonyl (C=O) groups excluding carboxylic acids is 1. The van der Waals surface area contributed by atoms with Crippen LogP contribution in [0.25, 0.3) is 0 Å². The number of hydrogen-bond donors (Lipinski definition) is 3. The third kappa shape index (κ3) is 4.47. The van der Waals surface area contributed by atoms with Gasteiger partial charge < -0.3 is 15.7 Å². The van der Waals surface area contributed by atoms with Crippen molar-refractivity contribution in [3.05, 3.63) is 34.4 Å². The van der Waals surface area contributed by atoms with E-state index in [1.54, 1.807) is 11.0 Å². The molecule has 9 heteroatoms. The Bertz CT molecular complexity index is 601. The van der Waals surface area contributed by atoms with E-state index in [-0.39, 0.29) is 17.8 Å². The molecule has 0 aliphatic carbocycles. The molecule has 1 atom stereocenters. The maximum Gasteiger partial charge on any atom is 0.321 e. The summed E-state index contributed by atoms with van der Waals surface area (Å²) in [5.74, 6) is -1.64. The van der Waals surface area contributed by atoms with Crippen LogP contribution in [0, 0.1) is 10.1 Å². The summed E-state index contributed by atoms with van der Waals surface area (Å²) in [5.41, 5.74) is -0.165. The van der Waals surface area contributed by atoms with Crippen molar-refractivity contribution in [2.45, 2.75) is 12.5 Å². The van der Waals surface area contributed by atoms with Gasteiger partial charge in [-0.3, -0.25) is 24.6 Å². The lowest BCUT2D eigenvalue weighted by Crippen LogP contribution is -2.52. The van der Waals surface area contributed by atoms with Crippen molar-refractivity contribution in [2.75, 3.05) is 31.5 Å². The first-order valence-corrected chi connectivity index (χ1v) is 7.20. The Morgan fingerprint density at radius 2 is 2.00 bits per heavy atom. The number of rotatable bonds is 6. The Balaban J connectivity index is 2.05. The molecule has 1 unspecified atom stereocenters. The molecule has 3 N–H and O–H groups in total. The van der Waals surface area contributed by atoms with Gasteiger partial charge in [-0.15, -0.1) is 0 Å². The minimum atomic E-state index is -1.08. The Hall–Kier alpha value is -2.52. The molecule has 0 aromatic heterocycles. The van der Waals surface area contributed by atoms with Crippen molar-refractivity contribution in [1.82, 2.24) is 10.2 Å². The van der Waals surface area contributed by atoms with Crippen molar-refractivity contribution >= 4 is 23.3 Å². The van der Waals surface area contributed by atoms with Crippen LogP contribution in [-0.2, 0) is 9.59 Å². The number of nitro benzene ring substituents is 1. The molecule has 1 saturated heterocycles. The minimum absolute atomic E-state index is 0.0620. The number of nitrogens with zero attached hydrogens (tertiary/aromatic N) is 2. The van der Waals surface area contributed by atoms with Crippen molar-refractivity contribution in [3.63, 3.8) is 0 Å². The van der Waals surface area contributed by atoms with E-state index in [1.807, 2.05) is 0 Å². The van der Waals surface area contributed by atoms with Crippen LogP contribution in [0.3, 0.4) is 0 Å². The molecule has 23 heavy (non-hydrogen) atoms. The second kappa shape index (κ2) is 7.65. The molecule has 2 rings (SSSR count). The highest BCUT2D eigenvalue weighted by Gasteiger charge is 2.29. The second-order valence-electron chi connectivity index (χ2n) is 5.17. The summed E-state index contributed by atoms with van der Waals surface area (Å²) < 4.78 is 0. The van der Waals surface area contributed by atoms with E-state index in [4.69, 9.17) is 0 Å². The number of anilines is 1. The summed E-state index contributed by atoms with van der Waals surface area (Å²) in [6.45, 7) is 2.40. The molecule has 1 heterocycles. The third-order valence-corrected chi connectivity index (χ3v) is 3.63. The van der Waals surface area contributed by atoms with Crippen LogP contribution < -0.4 is 10.6 Å². The summed E-state index contributed by atoms with van der Waals surface area (Å²) >= 11 is 0. The highest BCUT2D eigenvalue weighted by atomic mass is 16.6. The van der Waals surface area contributed by atoms with Crippen LogP contribution >= 0.6 is 0 Å². The van der Waals surface area contributed by atoms with Crippen molar-refractivity contribution < 1.29 is 19.6 Å². The fraction of sp³-hybridized carbons (Fsp3) is 0.429. The molecular weight excluding hydrogens is 304 g/mol. The van der Waals surface area contributed by atoms with E-state index in [1.165, 1.54) is 18.2 Å². The van der Waals surface area contributed by atoms with Crippen molar-refractivity contribution in [1.29, 1.82) is 0 Å². The Labute approximate surface area is 132 Å². The van der Waals surface area contributed by atoms with E-state index < -0.39 is 22.8 Å². The number of carbonyl (C=O) groups is 2. The maximum atomic E-state index is 12.1. The van der Waals surface area contributed by atoms with Crippen LogP contribution in [0.15, 0.2) is 24.3 Å². The zero-order chi connectivity index (χ0) is 16.8. The zero-order valence-corrected chi connectivity index (χ0v) is 12.4. The van der Waals surface area contributed by atoms with E-state index >= 15 is 0 Å². The van der Waals surface area contributed by atoms with Crippen molar-refractivity contribution in [2.24, 2.45) is 0 Å². The van der Waals surface area contributed by atoms with Gasteiger partial charge in [-0.2, -0.15) is 0 Å². The molecule has 1 amide bonds. The molecule has 124 valence electrons. The molecule has 0 spiro atoms. The van der Waals surface area contributed by atoms with E-state index in [9.17, 15) is 24.8 Å². The first-order valence-electron chi connectivity index (χ1n) is 7.20. The smallest absolute Gasteiger partial charge is 0.321 e. The maximum absolute atomic E-state index is 12.1. The molecule has 0 saturated carbocycles. The average Bonchev–Trinajstić information content (AvgIpc) is 2.53. The summed E-state index contributed by atoms with van der Waals surface area (Å²) in [5, 5.41) is 25.8. The summed E-state index contributed by atoms with van der Waals surface area (Å²) in [7, 11) is 0.